The quantitative estimate of drug-likeness (QED) is 0.733. The van der Waals surface area contributed by atoms with Gasteiger partial charge in [-0.1, -0.05) is 6.92 Å². The standard InChI is InChI=1S/C12H28N2/c1-8-13-12(5,6)9-10-14(7)11(2,3)4/h13H,8-10H2,1-7H3. The molecule has 1 N–H and O–H groups in total. The van der Waals surface area contributed by atoms with E-state index in [4.69, 9.17) is 0 Å². The van der Waals surface area contributed by atoms with Crippen LogP contribution in [0.3, 0.4) is 0 Å². The molecular weight excluding hydrogens is 172 g/mol. The largest absolute Gasteiger partial charge is 0.312 e. The fourth-order valence-corrected chi connectivity index (χ4v) is 1.35. The average molecular weight is 200 g/mol. The molecule has 0 rings (SSSR count). The third kappa shape index (κ3) is 5.61. The highest BCUT2D eigenvalue weighted by Gasteiger charge is 2.21. The van der Waals surface area contributed by atoms with Crippen LogP contribution >= 0.6 is 0 Å². The molecule has 0 unspecified atom stereocenters. The van der Waals surface area contributed by atoms with E-state index < -0.39 is 0 Å². The van der Waals surface area contributed by atoms with Gasteiger partial charge in [0.25, 0.3) is 0 Å². The summed E-state index contributed by atoms with van der Waals surface area (Å²) in [4.78, 5) is 2.41. The van der Waals surface area contributed by atoms with Crippen LogP contribution in [0, 0.1) is 0 Å². The number of hydrogen-bond donors (Lipinski definition) is 1. The summed E-state index contributed by atoms with van der Waals surface area (Å²) in [6.45, 7) is 15.7. The summed E-state index contributed by atoms with van der Waals surface area (Å²) in [5.41, 5.74) is 0.538. The molecule has 2 heteroatoms. The summed E-state index contributed by atoms with van der Waals surface area (Å²) in [6.07, 6.45) is 1.19. The topological polar surface area (TPSA) is 15.3 Å². The molecule has 0 saturated carbocycles. The van der Waals surface area contributed by atoms with Gasteiger partial charge >= 0.3 is 0 Å². The van der Waals surface area contributed by atoms with E-state index in [1.807, 2.05) is 0 Å². The number of nitrogens with one attached hydrogen (secondary N) is 1. The SMILES string of the molecule is CCNC(C)(C)CCN(C)C(C)(C)C. The molecule has 0 aromatic rings. The molecule has 0 bridgehead atoms. The van der Waals surface area contributed by atoms with Gasteiger partial charge < -0.3 is 10.2 Å². The van der Waals surface area contributed by atoms with Crippen molar-refractivity contribution < 1.29 is 0 Å². The summed E-state index contributed by atoms with van der Waals surface area (Å²) < 4.78 is 0. The van der Waals surface area contributed by atoms with E-state index in [0.717, 1.165) is 13.1 Å². The van der Waals surface area contributed by atoms with E-state index in [1.165, 1.54) is 6.42 Å². The normalized spacial score (nSPS) is 13.7. The molecule has 0 aliphatic carbocycles. The van der Waals surface area contributed by atoms with Gasteiger partial charge in [0, 0.05) is 17.6 Å². The molecule has 0 aliphatic heterocycles. The molecule has 0 spiro atoms. The molecule has 0 saturated heterocycles. The molecular formula is C12H28N2. The molecule has 0 atom stereocenters. The van der Waals surface area contributed by atoms with Gasteiger partial charge in [-0.3, -0.25) is 0 Å². The maximum absolute atomic E-state index is 3.50. The summed E-state index contributed by atoms with van der Waals surface area (Å²) in [5, 5.41) is 3.50. The van der Waals surface area contributed by atoms with Gasteiger partial charge in [0.1, 0.15) is 0 Å². The first-order chi connectivity index (χ1) is 6.19. The zero-order valence-corrected chi connectivity index (χ0v) is 11.1. The third-order valence-electron chi connectivity index (χ3n) is 2.87. The number of hydrogen-bond acceptors (Lipinski definition) is 2. The second-order valence-electron chi connectivity index (χ2n) is 5.76. The highest BCUT2D eigenvalue weighted by atomic mass is 15.2. The lowest BCUT2D eigenvalue weighted by molar-refractivity contribution is 0.157. The van der Waals surface area contributed by atoms with E-state index in [0.29, 0.717) is 0 Å². The first-order valence-corrected chi connectivity index (χ1v) is 5.65. The Hall–Kier alpha value is -0.0800. The average Bonchev–Trinajstić information content (AvgIpc) is 1.98. The molecule has 0 heterocycles. The minimum atomic E-state index is 0.258. The molecule has 14 heavy (non-hydrogen) atoms. The lowest BCUT2D eigenvalue weighted by Crippen LogP contribution is -2.45. The van der Waals surface area contributed by atoms with Crippen LogP contribution < -0.4 is 5.32 Å². The summed E-state index contributed by atoms with van der Waals surface area (Å²) in [5.74, 6) is 0. The minimum Gasteiger partial charge on any atom is -0.312 e. The Kier molecular flexibility index (Phi) is 5.10. The van der Waals surface area contributed by atoms with Crippen LogP contribution in [0.4, 0.5) is 0 Å². The number of rotatable bonds is 5. The van der Waals surface area contributed by atoms with Gasteiger partial charge in [-0.15, -0.1) is 0 Å². The highest BCUT2D eigenvalue weighted by molar-refractivity contribution is 4.80. The van der Waals surface area contributed by atoms with Gasteiger partial charge in [-0.25, -0.2) is 0 Å². The Morgan fingerprint density at radius 3 is 1.93 bits per heavy atom. The highest BCUT2D eigenvalue weighted by Crippen LogP contribution is 2.14. The van der Waals surface area contributed by atoms with E-state index in [1.54, 1.807) is 0 Å². The molecule has 0 aliphatic rings. The Labute approximate surface area is 90.1 Å². The van der Waals surface area contributed by atoms with Crippen LogP contribution in [0.15, 0.2) is 0 Å². The summed E-state index contributed by atoms with van der Waals surface area (Å²) >= 11 is 0. The first-order valence-electron chi connectivity index (χ1n) is 5.65. The second-order valence-corrected chi connectivity index (χ2v) is 5.76. The van der Waals surface area contributed by atoms with Gasteiger partial charge in [0.15, 0.2) is 0 Å². The van der Waals surface area contributed by atoms with Crippen LogP contribution in [0.25, 0.3) is 0 Å². The smallest absolute Gasteiger partial charge is 0.0137 e. The predicted octanol–water partition coefficient (Wildman–Crippen LogP) is 2.49. The van der Waals surface area contributed by atoms with Crippen LogP contribution in [-0.4, -0.2) is 36.1 Å². The molecule has 0 aromatic heterocycles. The first kappa shape index (κ1) is 13.9. The van der Waals surface area contributed by atoms with Gasteiger partial charge in [0.2, 0.25) is 0 Å². The van der Waals surface area contributed by atoms with Crippen molar-refractivity contribution in [2.45, 2.75) is 59.0 Å². The molecule has 0 aromatic carbocycles. The van der Waals surface area contributed by atoms with Crippen LogP contribution in [0.2, 0.25) is 0 Å². The van der Waals surface area contributed by atoms with Crippen molar-refractivity contribution in [2.24, 2.45) is 0 Å². The fourth-order valence-electron chi connectivity index (χ4n) is 1.35. The zero-order chi connectivity index (χ0) is 11.4. The van der Waals surface area contributed by atoms with Crippen molar-refractivity contribution in [3.05, 3.63) is 0 Å². The van der Waals surface area contributed by atoms with Crippen molar-refractivity contribution in [1.29, 1.82) is 0 Å². The monoisotopic (exact) mass is 200 g/mol. The fraction of sp³-hybridized carbons (Fsp3) is 1.00. The molecule has 0 radical (unpaired) electrons. The number of nitrogens with zero attached hydrogens (tertiary/aromatic N) is 1. The van der Waals surface area contributed by atoms with Crippen molar-refractivity contribution in [2.75, 3.05) is 20.1 Å². The Morgan fingerprint density at radius 2 is 1.57 bits per heavy atom. The van der Waals surface area contributed by atoms with Gasteiger partial charge in [-0.05, 0) is 54.6 Å². The lowest BCUT2D eigenvalue weighted by atomic mass is 9.98. The van der Waals surface area contributed by atoms with E-state index in [9.17, 15) is 0 Å². The zero-order valence-electron chi connectivity index (χ0n) is 11.1. The Balaban J connectivity index is 3.93. The van der Waals surface area contributed by atoms with E-state index >= 15 is 0 Å². The van der Waals surface area contributed by atoms with Crippen molar-refractivity contribution in [3.8, 4) is 0 Å². The summed E-state index contributed by atoms with van der Waals surface area (Å²) in [6, 6.07) is 0. The van der Waals surface area contributed by atoms with Gasteiger partial charge in [-0.2, -0.15) is 0 Å². The molecule has 0 amide bonds. The molecule has 0 fully saturated rings. The van der Waals surface area contributed by atoms with E-state index in [-0.39, 0.29) is 11.1 Å². The molecule has 86 valence electrons. The predicted molar refractivity (Wildman–Crippen MR) is 64.8 cm³/mol. The van der Waals surface area contributed by atoms with Crippen molar-refractivity contribution >= 4 is 0 Å². The Bertz CT molecular complexity index is 156. The van der Waals surface area contributed by atoms with Crippen molar-refractivity contribution in [1.82, 2.24) is 10.2 Å². The lowest BCUT2D eigenvalue weighted by Gasteiger charge is -2.35. The van der Waals surface area contributed by atoms with E-state index in [2.05, 4.69) is 58.8 Å². The third-order valence-corrected chi connectivity index (χ3v) is 2.87. The summed E-state index contributed by atoms with van der Waals surface area (Å²) in [7, 11) is 2.20. The van der Waals surface area contributed by atoms with Crippen LogP contribution in [0.5, 0.6) is 0 Å². The van der Waals surface area contributed by atoms with Crippen molar-refractivity contribution in [3.63, 3.8) is 0 Å². The van der Waals surface area contributed by atoms with Crippen LogP contribution in [0.1, 0.15) is 48.0 Å². The maximum atomic E-state index is 3.50. The second kappa shape index (κ2) is 5.13. The van der Waals surface area contributed by atoms with Gasteiger partial charge in [0.05, 0.1) is 0 Å². The Morgan fingerprint density at radius 1 is 1.07 bits per heavy atom. The minimum absolute atomic E-state index is 0.258. The molecule has 2 nitrogen and oxygen atoms in total. The maximum Gasteiger partial charge on any atom is 0.0137 e. The van der Waals surface area contributed by atoms with Crippen LogP contribution in [-0.2, 0) is 0 Å².